The molecule has 1 aromatic carbocycles. The lowest BCUT2D eigenvalue weighted by Crippen LogP contribution is -1.77. The van der Waals surface area contributed by atoms with Crippen LogP contribution in [0.5, 0.6) is 5.75 Å². The molecule has 2 nitrogen and oxygen atoms in total. The number of halogens is 1. The molecule has 0 unspecified atom stereocenters. The van der Waals surface area contributed by atoms with Crippen LogP contribution in [0, 0.1) is 0 Å². The zero-order chi connectivity index (χ0) is 12.5. The smallest absolute Gasteiger partial charge is 0.124 e. The highest BCUT2D eigenvalue weighted by Crippen LogP contribution is 2.33. The lowest BCUT2D eigenvalue weighted by molar-refractivity contribution is 0.475. The fraction of sp³-hybridized carbons (Fsp3) is 0. The highest BCUT2D eigenvalue weighted by atomic mass is 35.5. The fourth-order valence-electron chi connectivity index (χ4n) is 1.59. The first-order valence-corrected chi connectivity index (χ1v) is 7.35. The van der Waals surface area contributed by atoms with E-state index in [1.807, 2.05) is 29.0 Å². The molecule has 18 heavy (non-hydrogen) atoms. The summed E-state index contributed by atoms with van der Waals surface area (Å²) in [6, 6.07) is 8.97. The van der Waals surface area contributed by atoms with E-state index in [0.717, 1.165) is 26.2 Å². The predicted molar refractivity (Wildman–Crippen MR) is 77.5 cm³/mol. The van der Waals surface area contributed by atoms with E-state index in [2.05, 4.69) is 4.98 Å². The maximum absolute atomic E-state index is 9.26. The van der Waals surface area contributed by atoms with Crippen molar-refractivity contribution in [2.24, 2.45) is 0 Å². The van der Waals surface area contributed by atoms with Crippen LogP contribution < -0.4 is 0 Å². The van der Waals surface area contributed by atoms with E-state index in [1.54, 1.807) is 23.5 Å². The van der Waals surface area contributed by atoms with Crippen LogP contribution in [0.4, 0.5) is 0 Å². The van der Waals surface area contributed by atoms with Crippen molar-refractivity contribution < 1.29 is 5.11 Å². The summed E-state index contributed by atoms with van der Waals surface area (Å²) in [4.78, 5) is 4.58. The number of phenols is 1. The van der Waals surface area contributed by atoms with Crippen molar-refractivity contribution in [3.05, 3.63) is 45.4 Å². The molecule has 0 aliphatic rings. The topological polar surface area (TPSA) is 33.1 Å². The molecule has 3 aromatic rings. The van der Waals surface area contributed by atoms with E-state index in [4.69, 9.17) is 11.6 Å². The van der Waals surface area contributed by atoms with Crippen molar-refractivity contribution >= 4 is 34.3 Å². The van der Waals surface area contributed by atoms with Crippen molar-refractivity contribution in [3.63, 3.8) is 0 Å². The molecule has 0 atom stereocenters. The molecular weight excluding hydrogens is 286 g/mol. The molecule has 90 valence electrons. The Balaban J connectivity index is 1.96. The predicted octanol–water partition coefficient (Wildman–Crippen LogP) is 4.90. The maximum atomic E-state index is 9.26. The normalized spacial score (nSPS) is 10.7. The Morgan fingerprint density at radius 1 is 1.00 bits per heavy atom. The van der Waals surface area contributed by atoms with Gasteiger partial charge < -0.3 is 5.11 Å². The van der Waals surface area contributed by atoms with Crippen LogP contribution in [0.15, 0.2) is 41.1 Å². The summed E-state index contributed by atoms with van der Waals surface area (Å²) >= 11 is 9.00. The van der Waals surface area contributed by atoms with E-state index in [-0.39, 0.29) is 5.75 Å². The van der Waals surface area contributed by atoms with Gasteiger partial charge in [0.1, 0.15) is 10.8 Å². The number of rotatable bonds is 2. The molecule has 0 aliphatic heterocycles. The average molecular weight is 294 g/mol. The number of hydrogen-bond donors (Lipinski definition) is 1. The van der Waals surface area contributed by atoms with Gasteiger partial charge in [0.25, 0.3) is 0 Å². The molecule has 2 heterocycles. The van der Waals surface area contributed by atoms with Crippen LogP contribution in [0.3, 0.4) is 0 Å². The fourth-order valence-corrected chi connectivity index (χ4v) is 3.30. The summed E-state index contributed by atoms with van der Waals surface area (Å²) in [6.45, 7) is 0. The van der Waals surface area contributed by atoms with E-state index in [0.29, 0.717) is 0 Å². The summed E-state index contributed by atoms with van der Waals surface area (Å²) in [5.74, 6) is 0.264. The van der Waals surface area contributed by atoms with Crippen molar-refractivity contribution in [1.82, 2.24) is 4.98 Å². The third kappa shape index (κ3) is 2.27. The summed E-state index contributed by atoms with van der Waals surface area (Å²) in [5, 5.41) is 14.2. The second-order valence-corrected chi connectivity index (χ2v) is 6.12. The van der Waals surface area contributed by atoms with Crippen LogP contribution in [-0.2, 0) is 0 Å². The highest BCUT2D eigenvalue weighted by Gasteiger charge is 2.08. The van der Waals surface area contributed by atoms with Gasteiger partial charge in [0.15, 0.2) is 0 Å². The van der Waals surface area contributed by atoms with Crippen LogP contribution in [0.25, 0.3) is 21.8 Å². The van der Waals surface area contributed by atoms with E-state index >= 15 is 0 Å². The zero-order valence-corrected chi connectivity index (χ0v) is 11.5. The van der Waals surface area contributed by atoms with Gasteiger partial charge in [-0.15, -0.1) is 22.7 Å². The van der Waals surface area contributed by atoms with Crippen LogP contribution >= 0.6 is 34.3 Å². The molecule has 0 spiro atoms. The molecule has 0 saturated carbocycles. The first-order chi connectivity index (χ1) is 8.72. The molecule has 0 saturated heterocycles. The van der Waals surface area contributed by atoms with Crippen molar-refractivity contribution in [2.45, 2.75) is 0 Å². The Morgan fingerprint density at radius 3 is 2.44 bits per heavy atom. The van der Waals surface area contributed by atoms with Gasteiger partial charge in [-0.25, -0.2) is 4.98 Å². The highest BCUT2D eigenvalue weighted by molar-refractivity contribution is 7.15. The molecule has 0 aliphatic carbocycles. The number of nitrogens with zero attached hydrogens (tertiary/aromatic N) is 1. The largest absolute Gasteiger partial charge is 0.508 e. The Kier molecular flexibility index (Phi) is 3.07. The second kappa shape index (κ2) is 4.72. The number of thiophene rings is 1. The molecule has 5 heteroatoms. The second-order valence-electron chi connectivity index (χ2n) is 3.72. The van der Waals surface area contributed by atoms with Crippen molar-refractivity contribution in [3.8, 4) is 27.6 Å². The maximum Gasteiger partial charge on any atom is 0.124 e. The minimum absolute atomic E-state index is 0.264. The minimum Gasteiger partial charge on any atom is -0.508 e. The van der Waals surface area contributed by atoms with Gasteiger partial charge in [0, 0.05) is 21.9 Å². The van der Waals surface area contributed by atoms with E-state index in [1.165, 1.54) is 11.3 Å². The average Bonchev–Trinajstić information content (AvgIpc) is 2.98. The monoisotopic (exact) mass is 293 g/mol. The lowest BCUT2D eigenvalue weighted by Gasteiger charge is -1.96. The molecule has 1 N–H and O–H groups in total. The number of phenolic OH excluding ortho intramolecular Hbond substituents is 1. The number of hydrogen-bond acceptors (Lipinski definition) is 4. The quantitative estimate of drug-likeness (QED) is 0.729. The van der Waals surface area contributed by atoms with Crippen LogP contribution in [0.2, 0.25) is 4.34 Å². The molecule has 0 amide bonds. The van der Waals surface area contributed by atoms with Gasteiger partial charge >= 0.3 is 0 Å². The molecular formula is C13H8ClNOS2. The Hall–Kier alpha value is -1.36. The number of aromatic hydroxyl groups is 1. The summed E-state index contributed by atoms with van der Waals surface area (Å²) < 4.78 is 0.768. The van der Waals surface area contributed by atoms with Crippen LogP contribution in [-0.4, -0.2) is 10.1 Å². The van der Waals surface area contributed by atoms with E-state index in [9.17, 15) is 5.11 Å². The van der Waals surface area contributed by atoms with Crippen LogP contribution in [0.1, 0.15) is 0 Å². The van der Waals surface area contributed by atoms with Crippen molar-refractivity contribution in [1.29, 1.82) is 0 Å². The van der Waals surface area contributed by atoms with Gasteiger partial charge in [-0.2, -0.15) is 0 Å². The molecule has 2 aromatic heterocycles. The third-order valence-electron chi connectivity index (χ3n) is 2.48. The first kappa shape index (κ1) is 11.7. The molecule has 3 rings (SSSR count). The SMILES string of the molecule is Oc1ccc(-c2nc(-c3csc(Cl)c3)cs2)cc1. The standard InChI is InChI=1S/C13H8ClNOS2/c14-12-5-9(6-17-12)11-7-18-13(15-11)8-1-3-10(16)4-2-8/h1-7,16H. The van der Waals surface area contributed by atoms with Crippen molar-refractivity contribution in [2.75, 3.05) is 0 Å². The van der Waals surface area contributed by atoms with Gasteiger partial charge in [-0.3, -0.25) is 0 Å². The van der Waals surface area contributed by atoms with Gasteiger partial charge in [0.2, 0.25) is 0 Å². The number of thiazole rings is 1. The number of benzene rings is 1. The third-order valence-corrected chi connectivity index (χ3v) is 4.46. The lowest BCUT2D eigenvalue weighted by atomic mass is 10.2. The summed E-state index contributed by atoms with van der Waals surface area (Å²) in [6.07, 6.45) is 0. The molecule has 0 bridgehead atoms. The first-order valence-electron chi connectivity index (χ1n) is 5.22. The Bertz CT molecular complexity index is 672. The van der Waals surface area contributed by atoms with E-state index < -0.39 is 0 Å². The number of aromatic nitrogens is 1. The summed E-state index contributed by atoms with van der Waals surface area (Å²) in [5.41, 5.74) is 2.99. The van der Waals surface area contributed by atoms with Gasteiger partial charge in [-0.05, 0) is 30.3 Å². The minimum atomic E-state index is 0.264. The molecule has 0 radical (unpaired) electrons. The Labute approximate surface area is 117 Å². The van der Waals surface area contributed by atoms with Gasteiger partial charge in [-0.1, -0.05) is 11.6 Å². The Morgan fingerprint density at radius 2 is 1.78 bits per heavy atom. The zero-order valence-electron chi connectivity index (χ0n) is 9.13. The summed E-state index contributed by atoms with van der Waals surface area (Å²) in [7, 11) is 0. The molecule has 0 fully saturated rings. The van der Waals surface area contributed by atoms with Gasteiger partial charge in [0.05, 0.1) is 10.0 Å².